The van der Waals surface area contributed by atoms with E-state index in [1.54, 1.807) is 0 Å². The monoisotopic (exact) mass is 476 g/mol. The SMILES string of the molecule is CC1(C)OC2C(O1)C1CC(O[Si](C)(C)C(C)(C)C)CC[C@]1(C)C1CC[C@]3(C)C(=O)CCC3C21. The van der Waals surface area contributed by atoms with Gasteiger partial charge in [0.15, 0.2) is 14.1 Å². The van der Waals surface area contributed by atoms with Gasteiger partial charge in [0.2, 0.25) is 0 Å². The van der Waals surface area contributed by atoms with Gasteiger partial charge in [-0.3, -0.25) is 4.79 Å². The Hall–Kier alpha value is -0.233. The van der Waals surface area contributed by atoms with E-state index in [2.05, 4.69) is 61.6 Å². The quantitative estimate of drug-likeness (QED) is 0.415. The topological polar surface area (TPSA) is 44.8 Å². The first-order valence-electron chi connectivity index (χ1n) is 13.7. The van der Waals surface area contributed by atoms with E-state index in [0.717, 1.165) is 38.5 Å². The lowest BCUT2D eigenvalue weighted by Gasteiger charge is -2.63. The minimum absolute atomic E-state index is 0.116. The first kappa shape index (κ1) is 24.5. The zero-order chi connectivity index (χ0) is 24.2. The van der Waals surface area contributed by atoms with Crippen LogP contribution in [0.2, 0.25) is 18.1 Å². The zero-order valence-corrected chi connectivity index (χ0v) is 23.6. The van der Waals surface area contributed by atoms with Gasteiger partial charge in [0.25, 0.3) is 0 Å². The Bertz CT molecular complexity index is 815. The number of hydrogen-bond acceptors (Lipinski definition) is 4. The van der Waals surface area contributed by atoms with Crippen LogP contribution in [0.1, 0.15) is 93.4 Å². The molecule has 0 radical (unpaired) electrons. The molecule has 0 amide bonds. The fourth-order valence-electron chi connectivity index (χ4n) is 8.62. The highest BCUT2D eigenvalue weighted by molar-refractivity contribution is 6.74. The Balaban J connectivity index is 1.47. The van der Waals surface area contributed by atoms with Crippen molar-refractivity contribution in [1.29, 1.82) is 0 Å². The van der Waals surface area contributed by atoms with Crippen LogP contribution in [0, 0.1) is 34.5 Å². The summed E-state index contributed by atoms with van der Waals surface area (Å²) in [6.45, 7) is 20.8. The van der Waals surface area contributed by atoms with Crippen LogP contribution in [0.15, 0.2) is 0 Å². The van der Waals surface area contributed by atoms with E-state index in [4.69, 9.17) is 13.9 Å². The highest BCUT2D eigenvalue weighted by atomic mass is 28.4. The molecule has 5 aliphatic rings. The van der Waals surface area contributed by atoms with Crippen molar-refractivity contribution in [2.45, 2.75) is 136 Å². The molecule has 0 aromatic rings. The summed E-state index contributed by atoms with van der Waals surface area (Å²) < 4.78 is 20.4. The average Bonchev–Trinajstić information content (AvgIpc) is 3.17. The van der Waals surface area contributed by atoms with Crippen molar-refractivity contribution in [3.63, 3.8) is 0 Å². The lowest BCUT2D eigenvalue weighted by atomic mass is 9.44. The Morgan fingerprint density at radius 3 is 2.24 bits per heavy atom. The maximum Gasteiger partial charge on any atom is 0.192 e. The third kappa shape index (κ3) is 3.57. The number of ether oxygens (including phenoxy) is 2. The van der Waals surface area contributed by atoms with Crippen LogP contribution in [-0.4, -0.2) is 38.2 Å². The molecule has 9 atom stereocenters. The predicted molar refractivity (Wildman–Crippen MR) is 133 cm³/mol. The summed E-state index contributed by atoms with van der Waals surface area (Å²) in [5.41, 5.74) is 0.101. The molecule has 5 fully saturated rings. The molecular formula is C28H48O4Si. The molecule has 5 heteroatoms. The number of carbonyl (C=O) groups is 1. The average molecular weight is 477 g/mol. The van der Waals surface area contributed by atoms with Crippen molar-refractivity contribution in [1.82, 2.24) is 0 Å². The number of Topliss-reactive ketones (excluding diaryl/α,β-unsaturated/α-hetero) is 1. The van der Waals surface area contributed by atoms with E-state index in [-0.39, 0.29) is 28.1 Å². The predicted octanol–water partition coefficient (Wildman–Crippen LogP) is 6.73. The highest BCUT2D eigenvalue weighted by Crippen LogP contribution is 2.68. The van der Waals surface area contributed by atoms with E-state index >= 15 is 0 Å². The molecule has 33 heavy (non-hydrogen) atoms. The second kappa shape index (κ2) is 7.40. The van der Waals surface area contributed by atoms with Crippen molar-refractivity contribution in [2.24, 2.45) is 34.5 Å². The van der Waals surface area contributed by atoms with Gasteiger partial charge >= 0.3 is 0 Å². The Morgan fingerprint density at radius 2 is 1.58 bits per heavy atom. The Kier molecular flexibility index (Phi) is 5.48. The lowest BCUT2D eigenvalue weighted by molar-refractivity contribution is -0.185. The number of carbonyl (C=O) groups excluding carboxylic acids is 1. The van der Waals surface area contributed by atoms with Gasteiger partial charge in [-0.1, -0.05) is 34.6 Å². The van der Waals surface area contributed by atoms with Crippen LogP contribution < -0.4 is 0 Å². The van der Waals surface area contributed by atoms with Gasteiger partial charge in [-0.15, -0.1) is 0 Å². The Labute approximate surface area is 203 Å². The van der Waals surface area contributed by atoms with E-state index in [0.29, 0.717) is 35.6 Å². The van der Waals surface area contributed by atoms with Gasteiger partial charge in [-0.25, -0.2) is 0 Å². The van der Waals surface area contributed by atoms with Crippen LogP contribution in [0.3, 0.4) is 0 Å². The summed E-state index contributed by atoms with van der Waals surface area (Å²) in [7, 11) is -1.81. The number of rotatable bonds is 2. The largest absolute Gasteiger partial charge is 0.414 e. The standard InChI is InChI=1S/C28H48O4Si/c1-25(2,3)33(8,9)32-17-12-14-27(6)19-13-15-28(7)18(10-11-21(28)29)22(19)24-23(20(27)16-17)30-26(4,5)31-24/h17-20,22-24H,10-16H2,1-9H3/t17?,18?,19?,20?,22?,23?,24?,27-,28+/m1/s1. The maximum absolute atomic E-state index is 13.0. The first-order chi connectivity index (χ1) is 15.1. The van der Waals surface area contributed by atoms with Gasteiger partial charge in [0.1, 0.15) is 5.78 Å². The van der Waals surface area contributed by atoms with Gasteiger partial charge in [-0.2, -0.15) is 0 Å². The maximum atomic E-state index is 13.0. The van der Waals surface area contributed by atoms with Gasteiger partial charge in [-0.05, 0) is 99.6 Å². The second-order valence-corrected chi connectivity index (χ2v) is 19.4. The third-order valence-electron chi connectivity index (χ3n) is 11.5. The molecular weight excluding hydrogens is 428 g/mol. The number of ketones is 1. The third-order valence-corrected chi connectivity index (χ3v) is 16.0. The number of fused-ring (bicyclic) bond motifs is 8. The molecule has 1 heterocycles. The Morgan fingerprint density at radius 1 is 0.909 bits per heavy atom. The summed E-state index contributed by atoms with van der Waals surface area (Å²) in [5.74, 6) is 1.94. The zero-order valence-electron chi connectivity index (χ0n) is 22.6. The number of hydrogen-bond donors (Lipinski definition) is 0. The molecule has 0 bridgehead atoms. The highest BCUT2D eigenvalue weighted by Gasteiger charge is 2.68. The van der Waals surface area contributed by atoms with Crippen LogP contribution in [0.4, 0.5) is 0 Å². The van der Waals surface area contributed by atoms with Crippen molar-refractivity contribution in [3.8, 4) is 0 Å². The van der Waals surface area contributed by atoms with Crippen LogP contribution >= 0.6 is 0 Å². The molecule has 4 saturated carbocycles. The van der Waals surface area contributed by atoms with Crippen molar-refractivity contribution >= 4 is 14.1 Å². The fourth-order valence-corrected chi connectivity index (χ4v) is 10.0. The van der Waals surface area contributed by atoms with Gasteiger partial charge < -0.3 is 13.9 Å². The summed E-state index contributed by atoms with van der Waals surface area (Å²) in [4.78, 5) is 13.0. The summed E-state index contributed by atoms with van der Waals surface area (Å²) in [5, 5.41) is 0.228. The minimum atomic E-state index is -1.81. The van der Waals surface area contributed by atoms with Crippen LogP contribution in [0.25, 0.3) is 0 Å². The van der Waals surface area contributed by atoms with Crippen LogP contribution in [0.5, 0.6) is 0 Å². The molecule has 188 valence electrons. The smallest absolute Gasteiger partial charge is 0.192 e. The van der Waals surface area contributed by atoms with Gasteiger partial charge in [0.05, 0.1) is 12.2 Å². The summed E-state index contributed by atoms with van der Waals surface area (Å²) in [6, 6.07) is 0. The molecule has 0 spiro atoms. The van der Waals surface area contributed by atoms with Crippen molar-refractivity contribution in [3.05, 3.63) is 0 Å². The van der Waals surface area contributed by atoms with E-state index in [9.17, 15) is 4.79 Å². The molecule has 4 nitrogen and oxygen atoms in total. The van der Waals surface area contributed by atoms with E-state index in [1.807, 2.05) is 0 Å². The van der Waals surface area contributed by atoms with E-state index < -0.39 is 14.1 Å². The van der Waals surface area contributed by atoms with E-state index in [1.165, 1.54) is 6.42 Å². The molecule has 1 aliphatic heterocycles. The first-order valence-corrected chi connectivity index (χ1v) is 16.6. The fraction of sp³-hybridized carbons (Fsp3) is 0.964. The molecule has 0 aromatic heterocycles. The molecule has 1 saturated heterocycles. The second-order valence-electron chi connectivity index (χ2n) is 14.7. The molecule has 7 unspecified atom stereocenters. The van der Waals surface area contributed by atoms with Gasteiger partial charge in [0, 0.05) is 17.9 Å². The molecule has 5 rings (SSSR count). The summed E-state index contributed by atoms with van der Waals surface area (Å²) in [6.07, 6.45) is 8.05. The molecule has 0 aromatic carbocycles. The van der Waals surface area contributed by atoms with Crippen molar-refractivity contribution in [2.75, 3.05) is 0 Å². The lowest BCUT2D eigenvalue weighted by Crippen LogP contribution is -2.63. The van der Waals surface area contributed by atoms with Crippen molar-refractivity contribution < 1.29 is 18.7 Å². The normalized spacial score (nSPS) is 49.2. The molecule has 0 N–H and O–H groups in total. The van der Waals surface area contributed by atoms with Crippen LogP contribution in [-0.2, 0) is 18.7 Å². The minimum Gasteiger partial charge on any atom is -0.414 e. The summed E-state index contributed by atoms with van der Waals surface area (Å²) >= 11 is 0. The molecule has 4 aliphatic carbocycles.